The number of pyridine rings is 1. The van der Waals surface area contributed by atoms with Crippen LogP contribution in [0.2, 0.25) is 5.02 Å². The lowest BCUT2D eigenvalue weighted by atomic mass is 10.0. The van der Waals surface area contributed by atoms with E-state index in [0.29, 0.717) is 44.9 Å². The smallest absolute Gasteiger partial charge is 0.339 e. The first-order valence-electron chi connectivity index (χ1n) is 11.3. The lowest BCUT2D eigenvalue weighted by molar-refractivity contribution is 0.0476. The summed E-state index contributed by atoms with van der Waals surface area (Å²) in [5.41, 5.74) is 4.55. The SMILES string of the molecule is COC[C@@H](C)n1c(C)cc(C(=O)COC(=O)c2cc(-c3ccccc3Cl)nc3ccccc23)c1C. The lowest BCUT2D eigenvalue weighted by Crippen LogP contribution is -2.17. The molecule has 1 atom stereocenters. The van der Waals surface area contributed by atoms with Gasteiger partial charge in [-0.2, -0.15) is 0 Å². The highest BCUT2D eigenvalue weighted by Gasteiger charge is 2.21. The Bertz CT molecular complexity index is 1410. The summed E-state index contributed by atoms with van der Waals surface area (Å²) in [6, 6.07) is 18.2. The molecular formula is C28H27ClN2O4. The molecule has 0 unspecified atom stereocenters. The molecule has 0 radical (unpaired) electrons. The summed E-state index contributed by atoms with van der Waals surface area (Å²) in [6.07, 6.45) is 0. The maximum atomic E-state index is 13.2. The van der Waals surface area contributed by atoms with Crippen LogP contribution in [0.15, 0.2) is 60.7 Å². The van der Waals surface area contributed by atoms with Crippen LogP contribution < -0.4 is 0 Å². The molecule has 0 N–H and O–H groups in total. The Morgan fingerprint density at radius 2 is 1.74 bits per heavy atom. The molecule has 0 fully saturated rings. The van der Waals surface area contributed by atoms with Crippen LogP contribution in [0.25, 0.3) is 22.2 Å². The summed E-state index contributed by atoms with van der Waals surface area (Å²) in [4.78, 5) is 30.8. The highest BCUT2D eigenvalue weighted by atomic mass is 35.5. The number of hydrogen-bond donors (Lipinski definition) is 0. The summed E-state index contributed by atoms with van der Waals surface area (Å²) < 4.78 is 12.8. The summed E-state index contributed by atoms with van der Waals surface area (Å²) in [5.74, 6) is -0.848. The van der Waals surface area contributed by atoms with Gasteiger partial charge >= 0.3 is 5.97 Å². The van der Waals surface area contributed by atoms with E-state index in [1.807, 2.05) is 69.3 Å². The predicted octanol–water partition coefficient (Wildman–Crippen LogP) is 6.22. The number of Topliss-reactive ketones (excluding diaryl/α,β-unsaturated/α-hetero) is 1. The van der Waals surface area contributed by atoms with Crippen LogP contribution in [0, 0.1) is 13.8 Å². The molecule has 180 valence electrons. The third-order valence-corrected chi connectivity index (χ3v) is 6.38. The minimum absolute atomic E-state index is 0.0792. The number of ether oxygens (including phenoxy) is 2. The Hall–Kier alpha value is -3.48. The van der Waals surface area contributed by atoms with Crippen molar-refractivity contribution in [1.82, 2.24) is 9.55 Å². The van der Waals surface area contributed by atoms with Gasteiger partial charge in [0.1, 0.15) is 0 Å². The van der Waals surface area contributed by atoms with Crippen LogP contribution in [-0.4, -0.2) is 41.6 Å². The van der Waals surface area contributed by atoms with Crippen LogP contribution in [0.4, 0.5) is 0 Å². The first kappa shape index (κ1) is 24.6. The fourth-order valence-electron chi connectivity index (χ4n) is 4.49. The highest BCUT2D eigenvalue weighted by molar-refractivity contribution is 6.33. The first-order chi connectivity index (χ1) is 16.8. The summed E-state index contributed by atoms with van der Waals surface area (Å²) in [5, 5.41) is 1.18. The molecule has 2 aromatic carbocycles. The zero-order valence-electron chi connectivity index (χ0n) is 20.2. The zero-order chi connectivity index (χ0) is 25.1. The molecule has 0 saturated heterocycles. The molecule has 0 aliphatic carbocycles. The molecule has 35 heavy (non-hydrogen) atoms. The molecule has 2 heterocycles. The zero-order valence-corrected chi connectivity index (χ0v) is 20.9. The topological polar surface area (TPSA) is 70.4 Å². The van der Waals surface area contributed by atoms with Crippen molar-refractivity contribution in [2.24, 2.45) is 0 Å². The maximum Gasteiger partial charge on any atom is 0.339 e. The van der Waals surface area contributed by atoms with Crippen molar-refractivity contribution >= 4 is 34.3 Å². The Labute approximate surface area is 209 Å². The number of hydrogen-bond acceptors (Lipinski definition) is 5. The van der Waals surface area contributed by atoms with Crippen LogP contribution in [0.3, 0.4) is 0 Å². The van der Waals surface area contributed by atoms with Gasteiger partial charge in [-0.3, -0.25) is 4.79 Å². The van der Waals surface area contributed by atoms with Gasteiger partial charge in [0.05, 0.1) is 29.4 Å². The average Bonchev–Trinajstić information content (AvgIpc) is 3.15. The largest absolute Gasteiger partial charge is 0.454 e. The minimum Gasteiger partial charge on any atom is -0.454 e. The second-order valence-electron chi connectivity index (χ2n) is 8.51. The lowest BCUT2D eigenvalue weighted by Gasteiger charge is -2.17. The molecule has 0 amide bonds. The number of aromatic nitrogens is 2. The van der Waals surface area contributed by atoms with Crippen molar-refractivity contribution in [3.63, 3.8) is 0 Å². The second-order valence-corrected chi connectivity index (χ2v) is 8.92. The average molecular weight is 491 g/mol. The molecule has 6 nitrogen and oxygen atoms in total. The van der Waals surface area contributed by atoms with Crippen LogP contribution >= 0.6 is 11.6 Å². The van der Waals surface area contributed by atoms with Gasteiger partial charge in [-0.15, -0.1) is 0 Å². The molecule has 0 bridgehead atoms. The quantitative estimate of drug-likeness (QED) is 0.216. The Morgan fingerprint density at radius 1 is 1.03 bits per heavy atom. The van der Waals surface area contributed by atoms with Crippen molar-refractivity contribution in [3.8, 4) is 11.3 Å². The Balaban J connectivity index is 1.61. The van der Waals surface area contributed by atoms with E-state index in [1.54, 1.807) is 19.2 Å². The summed E-state index contributed by atoms with van der Waals surface area (Å²) in [7, 11) is 1.65. The van der Waals surface area contributed by atoms with Crippen molar-refractivity contribution in [2.75, 3.05) is 20.3 Å². The van der Waals surface area contributed by atoms with E-state index in [9.17, 15) is 9.59 Å². The first-order valence-corrected chi connectivity index (χ1v) is 11.7. The third kappa shape index (κ3) is 4.99. The van der Waals surface area contributed by atoms with E-state index in [0.717, 1.165) is 11.4 Å². The molecule has 0 aliphatic rings. The van der Waals surface area contributed by atoms with E-state index >= 15 is 0 Å². The number of benzene rings is 2. The number of carbonyl (C=O) groups excluding carboxylic acids is 2. The number of carbonyl (C=O) groups is 2. The number of rotatable bonds is 8. The van der Waals surface area contributed by atoms with E-state index in [4.69, 9.17) is 21.1 Å². The molecular weight excluding hydrogens is 464 g/mol. The Morgan fingerprint density at radius 3 is 2.49 bits per heavy atom. The number of methoxy groups -OCH3 is 1. The molecule has 0 spiro atoms. The van der Waals surface area contributed by atoms with Gasteiger partial charge in [0.15, 0.2) is 6.61 Å². The van der Waals surface area contributed by atoms with Gasteiger partial charge in [0.25, 0.3) is 0 Å². The van der Waals surface area contributed by atoms with Crippen LogP contribution in [0.1, 0.15) is 45.1 Å². The summed E-state index contributed by atoms with van der Waals surface area (Å²) in [6.45, 7) is 6.03. The van der Waals surface area contributed by atoms with Gasteiger partial charge in [-0.05, 0) is 45.0 Å². The molecule has 2 aromatic heterocycles. The third-order valence-electron chi connectivity index (χ3n) is 6.05. The van der Waals surface area contributed by atoms with Crippen molar-refractivity contribution < 1.29 is 19.1 Å². The van der Waals surface area contributed by atoms with Gasteiger partial charge in [0.2, 0.25) is 5.78 Å². The standard InChI is InChI=1S/C28H27ClN2O4/c1-17-13-22(19(3)31(17)18(2)15-34-4)27(32)16-35-28(33)23-14-26(21-10-5-7-11-24(21)29)30-25-12-8-6-9-20(23)25/h5-14,18H,15-16H2,1-4H3/t18-/m1/s1. The van der Waals surface area contributed by atoms with Gasteiger partial charge in [0, 0.05) is 40.0 Å². The van der Waals surface area contributed by atoms with E-state index in [2.05, 4.69) is 9.55 Å². The summed E-state index contributed by atoms with van der Waals surface area (Å²) >= 11 is 6.37. The second kappa shape index (κ2) is 10.4. The molecule has 0 saturated carbocycles. The van der Waals surface area contributed by atoms with Gasteiger partial charge in [-0.1, -0.05) is 48.0 Å². The van der Waals surface area contributed by atoms with Crippen molar-refractivity contribution in [1.29, 1.82) is 0 Å². The number of halogens is 1. The van der Waals surface area contributed by atoms with Crippen molar-refractivity contribution in [3.05, 3.63) is 88.2 Å². The molecule has 7 heteroatoms. The maximum absolute atomic E-state index is 13.2. The molecule has 0 aliphatic heterocycles. The molecule has 4 rings (SSSR count). The monoisotopic (exact) mass is 490 g/mol. The fraction of sp³-hybridized carbons (Fsp3) is 0.250. The van der Waals surface area contributed by atoms with Crippen molar-refractivity contribution in [2.45, 2.75) is 26.8 Å². The number of para-hydroxylation sites is 1. The number of aryl methyl sites for hydroxylation is 1. The molecule has 4 aromatic rings. The van der Waals surface area contributed by atoms with E-state index in [-0.39, 0.29) is 18.4 Å². The minimum atomic E-state index is -0.591. The Kier molecular flexibility index (Phi) is 7.34. The number of esters is 1. The normalized spacial score (nSPS) is 12.0. The fourth-order valence-corrected chi connectivity index (χ4v) is 4.72. The number of fused-ring (bicyclic) bond motifs is 1. The number of ketones is 1. The van der Waals surface area contributed by atoms with E-state index < -0.39 is 5.97 Å². The highest BCUT2D eigenvalue weighted by Crippen LogP contribution is 2.30. The van der Waals surface area contributed by atoms with Gasteiger partial charge < -0.3 is 14.0 Å². The van der Waals surface area contributed by atoms with Crippen LogP contribution in [-0.2, 0) is 9.47 Å². The van der Waals surface area contributed by atoms with Crippen LogP contribution in [0.5, 0.6) is 0 Å². The predicted molar refractivity (Wildman–Crippen MR) is 137 cm³/mol. The number of nitrogens with zero attached hydrogens (tertiary/aromatic N) is 2. The van der Waals surface area contributed by atoms with E-state index in [1.165, 1.54) is 0 Å². The van der Waals surface area contributed by atoms with Gasteiger partial charge in [-0.25, -0.2) is 9.78 Å².